The van der Waals surface area contributed by atoms with Crippen molar-refractivity contribution >= 4 is 23.0 Å². The lowest BCUT2D eigenvalue weighted by atomic mass is 9.98. The number of hydrogen-bond acceptors (Lipinski definition) is 2. The maximum atomic E-state index is 12.7. The number of aromatic hydroxyl groups is 1. The predicted octanol–water partition coefficient (Wildman–Crippen LogP) is 4.76. The molecule has 0 fully saturated rings. The highest BCUT2D eigenvalue weighted by molar-refractivity contribution is 6.32. The van der Waals surface area contributed by atoms with Crippen LogP contribution in [-0.2, 0) is 5.21 Å². The molecule has 1 N–H and O–H groups in total. The second-order valence-corrected chi connectivity index (χ2v) is 5.42. The first-order valence-electron chi connectivity index (χ1n) is 6.36. The van der Waals surface area contributed by atoms with E-state index >= 15 is 0 Å². The monoisotopic (exact) mass is 290 g/mol. The summed E-state index contributed by atoms with van der Waals surface area (Å²) in [5.41, 5.74) is 4.63. The van der Waals surface area contributed by atoms with Crippen LogP contribution in [0.1, 0.15) is 22.3 Å². The Labute approximate surface area is 124 Å². The van der Waals surface area contributed by atoms with Gasteiger partial charge in [-0.2, -0.15) is 5.06 Å². The molecule has 0 aliphatic carbocycles. The molecule has 0 atom stereocenters. The van der Waals surface area contributed by atoms with Gasteiger partial charge in [0.05, 0.1) is 10.7 Å². The van der Waals surface area contributed by atoms with E-state index < -0.39 is 0 Å². The van der Waals surface area contributed by atoms with Crippen molar-refractivity contribution in [3.63, 3.8) is 0 Å². The zero-order valence-corrected chi connectivity index (χ0v) is 12.7. The second kappa shape index (κ2) is 5.35. The zero-order chi connectivity index (χ0) is 15.0. The van der Waals surface area contributed by atoms with Gasteiger partial charge in [-0.05, 0) is 62.1 Å². The number of phenols is 1. The van der Waals surface area contributed by atoms with Gasteiger partial charge in [0.15, 0.2) is 5.75 Å². The molecule has 3 nitrogen and oxygen atoms in total. The Kier molecular flexibility index (Phi) is 3.93. The fraction of sp³-hybridized carbons (Fsp3) is 0.250. The largest absolute Gasteiger partial charge is 0.504 e. The van der Waals surface area contributed by atoms with Crippen molar-refractivity contribution in [3.8, 4) is 5.75 Å². The van der Waals surface area contributed by atoms with Crippen molar-refractivity contribution in [2.45, 2.75) is 27.7 Å². The van der Waals surface area contributed by atoms with Crippen molar-refractivity contribution in [1.29, 1.82) is 0 Å². The molecule has 0 heterocycles. The normalized spacial score (nSPS) is 10.7. The summed E-state index contributed by atoms with van der Waals surface area (Å²) in [7, 11) is 0. The number of para-hydroxylation sites is 1. The van der Waals surface area contributed by atoms with Gasteiger partial charge >= 0.3 is 0 Å². The minimum Gasteiger partial charge on any atom is -0.504 e. The molecular weight excluding hydrogens is 274 g/mol. The van der Waals surface area contributed by atoms with E-state index in [-0.39, 0.29) is 16.5 Å². The van der Waals surface area contributed by atoms with Gasteiger partial charge in [-0.25, -0.2) is 0 Å². The first-order valence-corrected chi connectivity index (χ1v) is 6.74. The van der Waals surface area contributed by atoms with Gasteiger partial charge in [0, 0.05) is 0 Å². The molecule has 0 unspecified atom stereocenters. The number of rotatable bonds is 2. The highest BCUT2D eigenvalue weighted by Crippen LogP contribution is 2.40. The van der Waals surface area contributed by atoms with Crippen molar-refractivity contribution in [3.05, 3.63) is 51.5 Å². The Bertz CT molecular complexity index is 642. The molecule has 0 aromatic heterocycles. The zero-order valence-electron chi connectivity index (χ0n) is 12.0. The van der Waals surface area contributed by atoms with Crippen LogP contribution in [0.2, 0.25) is 5.02 Å². The van der Waals surface area contributed by atoms with Gasteiger partial charge in [0.25, 0.3) is 0 Å². The van der Waals surface area contributed by atoms with Gasteiger partial charge in [-0.1, -0.05) is 28.9 Å². The molecule has 105 valence electrons. The Morgan fingerprint density at radius 3 is 2.15 bits per heavy atom. The molecule has 2 rings (SSSR count). The van der Waals surface area contributed by atoms with E-state index in [0.29, 0.717) is 5.69 Å². The van der Waals surface area contributed by atoms with E-state index in [9.17, 15) is 10.3 Å². The van der Waals surface area contributed by atoms with E-state index in [2.05, 4.69) is 6.07 Å². The third kappa shape index (κ3) is 2.35. The van der Waals surface area contributed by atoms with Gasteiger partial charge in [-0.3, -0.25) is 0 Å². The quantitative estimate of drug-likeness (QED) is 0.810. The molecule has 0 bridgehead atoms. The van der Waals surface area contributed by atoms with Crippen LogP contribution >= 0.6 is 11.6 Å². The number of hydrogen-bond donors (Lipinski definition) is 1. The molecule has 20 heavy (non-hydrogen) atoms. The topological polar surface area (TPSA) is 43.4 Å². The van der Waals surface area contributed by atoms with E-state index in [1.807, 2.05) is 27.7 Å². The van der Waals surface area contributed by atoms with Crippen molar-refractivity contribution in [1.82, 2.24) is 0 Å². The lowest BCUT2D eigenvalue weighted by Gasteiger charge is -2.22. The smallest absolute Gasteiger partial charge is 0.160 e. The Balaban J connectivity index is 2.65. The molecule has 2 aromatic carbocycles. The van der Waals surface area contributed by atoms with Crippen LogP contribution < -0.4 is 5.06 Å². The third-order valence-corrected chi connectivity index (χ3v) is 4.02. The molecule has 0 saturated heterocycles. The molecule has 0 aliphatic heterocycles. The number of phenolic OH excluding ortho intramolecular Hbond substituents is 1. The Hall–Kier alpha value is -1.71. The van der Waals surface area contributed by atoms with Gasteiger partial charge in [0.2, 0.25) is 0 Å². The molecule has 0 amide bonds. The predicted molar refractivity (Wildman–Crippen MR) is 81.3 cm³/mol. The minimum absolute atomic E-state index is 0.161. The van der Waals surface area contributed by atoms with E-state index in [4.69, 9.17) is 11.6 Å². The van der Waals surface area contributed by atoms with Crippen LogP contribution in [0.5, 0.6) is 5.75 Å². The van der Waals surface area contributed by atoms with Crippen LogP contribution in [0.25, 0.3) is 0 Å². The first kappa shape index (κ1) is 14.7. The fourth-order valence-electron chi connectivity index (χ4n) is 2.29. The number of halogens is 1. The SMILES string of the molecule is Cc1cc(C)c(C)c(N([O])c2cccc(Cl)c2O)c1C. The molecule has 4 heteroatoms. The molecule has 0 saturated carbocycles. The maximum absolute atomic E-state index is 12.7. The van der Waals surface area contributed by atoms with E-state index in [1.165, 1.54) is 0 Å². The molecule has 0 aliphatic rings. The number of anilines is 2. The molecule has 1 radical (unpaired) electrons. The molecular formula is C16H17ClNO2. The number of benzene rings is 2. The number of nitrogens with zero attached hydrogens (tertiary/aromatic N) is 1. The summed E-state index contributed by atoms with van der Waals surface area (Å²) < 4.78 is 0. The summed E-state index contributed by atoms with van der Waals surface area (Å²) in [6, 6.07) is 6.82. The Morgan fingerprint density at radius 1 is 1.05 bits per heavy atom. The average Bonchev–Trinajstić information content (AvgIpc) is 2.40. The third-order valence-electron chi connectivity index (χ3n) is 3.71. The molecule has 0 spiro atoms. The van der Waals surface area contributed by atoms with Crippen LogP contribution in [0.3, 0.4) is 0 Å². The first-order chi connectivity index (χ1) is 9.34. The van der Waals surface area contributed by atoms with E-state index in [0.717, 1.165) is 27.3 Å². The standard InChI is InChI=1S/C16H17ClNO2/c1-9-8-10(2)12(4)15(11(9)3)18(20)14-7-5-6-13(17)16(14)19/h5-8,19H,1-4H3. The number of aryl methyl sites for hydroxylation is 2. The summed E-state index contributed by atoms with van der Waals surface area (Å²) >= 11 is 5.87. The van der Waals surface area contributed by atoms with Gasteiger partial charge in [0.1, 0.15) is 5.69 Å². The van der Waals surface area contributed by atoms with Crippen molar-refractivity contribution in [2.24, 2.45) is 0 Å². The average molecular weight is 291 g/mol. The van der Waals surface area contributed by atoms with Crippen molar-refractivity contribution < 1.29 is 10.3 Å². The van der Waals surface area contributed by atoms with Crippen LogP contribution in [0.4, 0.5) is 11.4 Å². The van der Waals surface area contributed by atoms with E-state index in [1.54, 1.807) is 18.2 Å². The summed E-state index contributed by atoms with van der Waals surface area (Å²) in [5.74, 6) is -0.192. The summed E-state index contributed by atoms with van der Waals surface area (Å²) in [5, 5.41) is 23.6. The summed E-state index contributed by atoms with van der Waals surface area (Å²) in [6.07, 6.45) is 0. The van der Waals surface area contributed by atoms with Crippen molar-refractivity contribution in [2.75, 3.05) is 5.06 Å². The Morgan fingerprint density at radius 2 is 1.60 bits per heavy atom. The summed E-state index contributed by atoms with van der Waals surface area (Å²) in [6.45, 7) is 7.75. The second-order valence-electron chi connectivity index (χ2n) is 5.01. The maximum Gasteiger partial charge on any atom is 0.160 e. The van der Waals surface area contributed by atoms with Crippen LogP contribution in [0.15, 0.2) is 24.3 Å². The van der Waals surface area contributed by atoms with Crippen LogP contribution in [0, 0.1) is 27.7 Å². The van der Waals surface area contributed by atoms with Crippen LogP contribution in [-0.4, -0.2) is 5.11 Å². The van der Waals surface area contributed by atoms with Gasteiger partial charge in [-0.15, -0.1) is 0 Å². The lowest BCUT2D eigenvalue weighted by molar-refractivity contribution is 0.193. The lowest BCUT2D eigenvalue weighted by Crippen LogP contribution is -2.13. The minimum atomic E-state index is -0.192. The highest BCUT2D eigenvalue weighted by Gasteiger charge is 2.20. The summed E-state index contributed by atoms with van der Waals surface area (Å²) in [4.78, 5) is 0. The highest BCUT2D eigenvalue weighted by atomic mass is 35.5. The molecule has 2 aromatic rings. The fourth-order valence-corrected chi connectivity index (χ4v) is 2.46. The van der Waals surface area contributed by atoms with Gasteiger partial charge < -0.3 is 5.11 Å².